The van der Waals surface area contributed by atoms with Gasteiger partial charge in [0.05, 0.1) is 5.69 Å². The lowest BCUT2D eigenvalue weighted by Crippen LogP contribution is -2.61. The Balaban J connectivity index is 1.69. The molecule has 2 heterocycles. The van der Waals surface area contributed by atoms with E-state index < -0.39 is 23.3 Å². The zero-order chi connectivity index (χ0) is 18.9. The maximum absolute atomic E-state index is 12.4. The summed E-state index contributed by atoms with van der Waals surface area (Å²) in [6.07, 6.45) is 1.64. The number of hydrogen-bond donors (Lipinski definition) is 3. The summed E-state index contributed by atoms with van der Waals surface area (Å²) in [6, 6.07) is 6.13. The van der Waals surface area contributed by atoms with E-state index in [0.29, 0.717) is 23.0 Å². The van der Waals surface area contributed by atoms with E-state index in [1.165, 1.54) is 19.1 Å². The van der Waals surface area contributed by atoms with Gasteiger partial charge in [0.1, 0.15) is 5.75 Å². The number of fused-ring (bicyclic) bond motifs is 1. The number of nitrogens with one attached hydrogen (secondary N) is 3. The molecule has 0 saturated heterocycles. The molecule has 136 valence electrons. The Hall–Kier alpha value is -3.07. The summed E-state index contributed by atoms with van der Waals surface area (Å²) in [6.45, 7) is 3.78. The maximum Gasteiger partial charge on any atom is 0.292 e. The Kier molecular flexibility index (Phi) is 4.56. The number of nitrogens with zero attached hydrogens (tertiary/aromatic N) is 2. The van der Waals surface area contributed by atoms with Crippen LogP contribution in [-0.2, 0) is 16.1 Å². The predicted octanol–water partition coefficient (Wildman–Crippen LogP) is 1.11. The Morgan fingerprint density at radius 2 is 2.12 bits per heavy atom. The summed E-state index contributed by atoms with van der Waals surface area (Å²) >= 11 is 5.87. The van der Waals surface area contributed by atoms with Crippen molar-refractivity contribution in [2.24, 2.45) is 0 Å². The van der Waals surface area contributed by atoms with Gasteiger partial charge in [-0.2, -0.15) is 5.10 Å². The number of benzene rings is 1. The van der Waals surface area contributed by atoms with Gasteiger partial charge in [-0.25, -0.2) is 0 Å². The molecule has 0 fully saturated rings. The standard InChI is InChI=1S/C16H16ClN5O4/c1-3-22-7-6-10(21-22)13(23)19-20-15(25)16(2)14(24)18-11-8-9(17)4-5-12(11)26-16/h4-8H,3H2,1-2H3,(H,18,24)(H,19,23)(H,20,25). The summed E-state index contributed by atoms with van der Waals surface area (Å²) in [5.41, 5.74) is 3.04. The van der Waals surface area contributed by atoms with Gasteiger partial charge in [-0.1, -0.05) is 11.6 Å². The molecule has 3 N–H and O–H groups in total. The predicted molar refractivity (Wildman–Crippen MR) is 92.6 cm³/mol. The summed E-state index contributed by atoms with van der Waals surface area (Å²) in [5.74, 6) is -1.84. The molecule has 1 aliphatic heterocycles. The molecule has 1 atom stereocenters. The molecule has 10 heteroatoms. The molecule has 2 aromatic rings. The average Bonchev–Trinajstić information content (AvgIpc) is 3.10. The molecule has 0 bridgehead atoms. The molecule has 9 nitrogen and oxygen atoms in total. The largest absolute Gasteiger partial charge is 0.465 e. The highest BCUT2D eigenvalue weighted by Crippen LogP contribution is 2.35. The van der Waals surface area contributed by atoms with E-state index in [2.05, 4.69) is 21.3 Å². The smallest absolute Gasteiger partial charge is 0.292 e. The van der Waals surface area contributed by atoms with Gasteiger partial charge in [-0.15, -0.1) is 0 Å². The van der Waals surface area contributed by atoms with Crippen molar-refractivity contribution in [3.8, 4) is 5.75 Å². The van der Waals surface area contributed by atoms with Crippen molar-refractivity contribution < 1.29 is 19.1 Å². The van der Waals surface area contributed by atoms with Gasteiger partial charge >= 0.3 is 0 Å². The second kappa shape index (κ2) is 6.68. The molecular formula is C16H16ClN5O4. The summed E-state index contributed by atoms with van der Waals surface area (Å²) in [4.78, 5) is 36.8. The van der Waals surface area contributed by atoms with Crippen LogP contribution in [0, 0.1) is 0 Å². The van der Waals surface area contributed by atoms with Crippen LogP contribution in [-0.4, -0.2) is 33.1 Å². The van der Waals surface area contributed by atoms with Crippen LogP contribution < -0.4 is 20.9 Å². The van der Waals surface area contributed by atoms with Crippen LogP contribution in [0.4, 0.5) is 5.69 Å². The Bertz CT molecular complexity index is 897. The molecule has 1 aromatic heterocycles. The number of aryl methyl sites for hydroxylation is 1. The van der Waals surface area contributed by atoms with E-state index >= 15 is 0 Å². The van der Waals surface area contributed by atoms with E-state index in [9.17, 15) is 14.4 Å². The monoisotopic (exact) mass is 377 g/mol. The first kappa shape index (κ1) is 17.7. The third-order valence-electron chi connectivity index (χ3n) is 3.86. The van der Waals surface area contributed by atoms with Crippen LogP contribution in [0.5, 0.6) is 5.75 Å². The molecule has 0 spiro atoms. The molecule has 1 aliphatic rings. The molecule has 1 aromatic carbocycles. The average molecular weight is 378 g/mol. The summed E-state index contributed by atoms with van der Waals surface area (Å²) < 4.78 is 7.12. The second-order valence-corrected chi connectivity index (χ2v) is 6.13. The van der Waals surface area contributed by atoms with Crippen LogP contribution in [0.1, 0.15) is 24.3 Å². The quantitative estimate of drug-likeness (QED) is 0.547. The van der Waals surface area contributed by atoms with Crippen molar-refractivity contribution in [2.45, 2.75) is 26.0 Å². The highest BCUT2D eigenvalue weighted by atomic mass is 35.5. The summed E-state index contributed by atoms with van der Waals surface area (Å²) in [7, 11) is 0. The number of hydrazine groups is 1. The molecule has 0 radical (unpaired) electrons. The van der Waals surface area contributed by atoms with Gasteiger partial charge in [-0.3, -0.25) is 29.9 Å². The number of rotatable bonds is 3. The Labute approximate surface area is 153 Å². The van der Waals surface area contributed by atoms with Gasteiger partial charge in [0.2, 0.25) is 0 Å². The normalized spacial score (nSPS) is 18.3. The van der Waals surface area contributed by atoms with E-state index in [1.807, 2.05) is 6.92 Å². The van der Waals surface area contributed by atoms with E-state index in [4.69, 9.17) is 16.3 Å². The fourth-order valence-electron chi connectivity index (χ4n) is 2.30. The van der Waals surface area contributed by atoms with Crippen LogP contribution >= 0.6 is 11.6 Å². The number of carbonyl (C=O) groups excluding carboxylic acids is 3. The minimum Gasteiger partial charge on any atom is -0.465 e. The second-order valence-electron chi connectivity index (χ2n) is 5.69. The molecule has 0 saturated carbocycles. The number of hydrogen-bond acceptors (Lipinski definition) is 5. The van der Waals surface area contributed by atoms with E-state index in [0.717, 1.165) is 0 Å². The minimum absolute atomic E-state index is 0.131. The van der Waals surface area contributed by atoms with Crippen molar-refractivity contribution in [2.75, 3.05) is 5.32 Å². The number of carbonyl (C=O) groups is 3. The molecule has 1 unspecified atom stereocenters. The van der Waals surface area contributed by atoms with Gasteiger partial charge in [0, 0.05) is 17.8 Å². The van der Waals surface area contributed by atoms with Crippen molar-refractivity contribution in [3.63, 3.8) is 0 Å². The Morgan fingerprint density at radius 1 is 1.35 bits per heavy atom. The van der Waals surface area contributed by atoms with Gasteiger partial charge in [-0.05, 0) is 38.1 Å². The molecular weight excluding hydrogens is 362 g/mol. The SMILES string of the molecule is CCn1ccc(C(=O)NNC(=O)C2(C)Oc3ccc(Cl)cc3NC2=O)n1. The topological polar surface area (TPSA) is 114 Å². The first-order valence-corrected chi connectivity index (χ1v) is 8.15. The van der Waals surface area contributed by atoms with Crippen LogP contribution in [0.3, 0.4) is 0 Å². The lowest BCUT2D eigenvalue weighted by atomic mass is 10.0. The summed E-state index contributed by atoms with van der Waals surface area (Å²) in [5, 5.41) is 7.00. The fraction of sp³-hybridized carbons (Fsp3) is 0.250. The highest BCUT2D eigenvalue weighted by Gasteiger charge is 2.47. The van der Waals surface area contributed by atoms with Crippen molar-refractivity contribution in [3.05, 3.63) is 41.2 Å². The van der Waals surface area contributed by atoms with Crippen LogP contribution in [0.25, 0.3) is 0 Å². The van der Waals surface area contributed by atoms with Crippen LogP contribution in [0.2, 0.25) is 5.02 Å². The number of anilines is 1. The van der Waals surface area contributed by atoms with Crippen molar-refractivity contribution >= 4 is 35.0 Å². The van der Waals surface area contributed by atoms with Gasteiger partial charge in [0.25, 0.3) is 23.3 Å². The first-order valence-electron chi connectivity index (χ1n) is 7.77. The zero-order valence-electron chi connectivity index (χ0n) is 14.0. The van der Waals surface area contributed by atoms with E-state index in [1.54, 1.807) is 23.0 Å². The lowest BCUT2D eigenvalue weighted by Gasteiger charge is -2.33. The maximum atomic E-state index is 12.4. The van der Waals surface area contributed by atoms with Gasteiger partial charge < -0.3 is 10.1 Å². The van der Waals surface area contributed by atoms with Crippen molar-refractivity contribution in [1.29, 1.82) is 0 Å². The number of aromatic nitrogens is 2. The Morgan fingerprint density at radius 3 is 2.81 bits per heavy atom. The fourth-order valence-corrected chi connectivity index (χ4v) is 2.47. The van der Waals surface area contributed by atoms with E-state index in [-0.39, 0.29) is 5.69 Å². The minimum atomic E-state index is -1.86. The highest BCUT2D eigenvalue weighted by molar-refractivity contribution is 6.31. The molecule has 3 amide bonds. The molecule has 0 aliphatic carbocycles. The lowest BCUT2D eigenvalue weighted by molar-refractivity contribution is -0.147. The zero-order valence-corrected chi connectivity index (χ0v) is 14.8. The van der Waals surface area contributed by atoms with Crippen molar-refractivity contribution in [1.82, 2.24) is 20.6 Å². The molecule has 3 rings (SSSR count). The molecule has 26 heavy (non-hydrogen) atoms. The third-order valence-corrected chi connectivity index (χ3v) is 4.09. The number of ether oxygens (including phenoxy) is 1. The first-order chi connectivity index (χ1) is 12.3. The number of halogens is 1. The third kappa shape index (κ3) is 3.21. The van der Waals surface area contributed by atoms with Crippen LogP contribution in [0.15, 0.2) is 30.5 Å². The van der Waals surface area contributed by atoms with Gasteiger partial charge in [0.15, 0.2) is 5.69 Å². The number of amides is 3.